The molecule has 1 aromatic carbocycles. The number of nitrogens with zero attached hydrogens (tertiary/aromatic N) is 4. The predicted molar refractivity (Wildman–Crippen MR) is 105 cm³/mol. The minimum absolute atomic E-state index is 0.0241. The van der Waals surface area contributed by atoms with Crippen molar-refractivity contribution in [3.63, 3.8) is 0 Å². The Bertz CT molecular complexity index is 927. The number of hydrogen-bond acceptors (Lipinski definition) is 3. The van der Waals surface area contributed by atoms with E-state index in [0.29, 0.717) is 23.8 Å². The summed E-state index contributed by atoms with van der Waals surface area (Å²) in [5, 5.41) is 1.61. The SMILES string of the molecule is Cc1[nH]cnc1CN(CCN(C)C)C(=O)c1cc2cccc(Cl)c2n1C. The summed E-state index contributed by atoms with van der Waals surface area (Å²) in [5.74, 6) is -0.0241. The lowest BCUT2D eigenvalue weighted by Crippen LogP contribution is -2.37. The van der Waals surface area contributed by atoms with Crippen LogP contribution in [-0.4, -0.2) is 57.4 Å². The number of H-pyrrole nitrogens is 1. The number of para-hydroxylation sites is 1. The highest BCUT2D eigenvalue weighted by atomic mass is 35.5. The van der Waals surface area contributed by atoms with E-state index in [-0.39, 0.29) is 5.91 Å². The molecular formula is C19H24ClN5O. The molecule has 2 aromatic heterocycles. The van der Waals surface area contributed by atoms with E-state index in [4.69, 9.17) is 11.6 Å². The number of rotatable bonds is 6. The van der Waals surface area contributed by atoms with Gasteiger partial charge in [-0.3, -0.25) is 4.79 Å². The fourth-order valence-electron chi connectivity index (χ4n) is 3.03. The molecule has 3 rings (SSSR count). The Morgan fingerprint density at radius 1 is 1.31 bits per heavy atom. The van der Waals surface area contributed by atoms with Crippen LogP contribution < -0.4 is 0 Å². The molecule has 0 radical (unpaired) electrons. The van der Waals surface area contributed by atoms with Crippen molar-refractivity contribution in [1.82, 2.24) is 24.3 Å². The second kappa shape index (κ2) is 7.51. The molecule has 2 heterocycles. The van der Waals surface area contributed by atoms with Crippen LogP contribution in [-0.2, 0) is 13.6 Å². The van der Waals surface area contributed by atoms with E-state index in [1.165, 1.54) is 0 Å². The first-order chi connectivity index (χ1) is 12.4. The normalized spacial score (nSPS) is 11.5. The highest BCUT2D eigenvalue weighted by Crippen LogP contribution is 2.27. The first-order valence-corrected chi connectivity index (χ1v) is 8.93. The van der Waals surface area contributed by atoms with E-state index in [1.807, 2.05) is 61.8 Å². The van der Waals surface area contributed by atoms with Crippen molar-refractivity contribution in [3.8, 4) is 0 Å². The topological polar surface area (TPSA) is 57.2 Å². The molecule has 1 amide bonds. The Hall–Kier alpha value is -2.31. The second-order valence-corrected chi connectivity index (χ2v) is 7.18. The van der Waals surface area contributed by atoms with Crippen molar-refractivity contribution in [2.75, 3.05) is 27.2 Å². The number of hydrogen-bond donors (Lipinski definition) is 1. The number of imidazole rings is 1. The number of fused-ring (bicyclic) bond motifs is 1. The van der Waals surface area contributed by atoms with Crippen LogP contribution >= 0.6 is 11.6 Å². The maximum Gasteiger partial charge on any atom is 0.270 e. The van der Waals surface area contributed by atoms with Crippen LogP contribution in [0.1, 0.15) is 21.9 Å². The summed E-state index contributed by atoms with van der Waals surface area (Å²) in [6.45, 7) is 3.83. The van der Waals surface area contributed by atoms with E-state index < -0.39 is 0 Å². The number of carbonyl (C=O) groups is 1. The number of aromatic nitrogens is 3. The van der Waals surface area contributed by atoms with Crippen molar-refractivity contribution in [3.05, 3.63) is 52.7 Å². The zero-order valence-corrected chi connectivity index (χ0v) is 16.3. The van der Waals surface area contributed by atoms with Crippen LogP contribution in [0.2, 0.25) is 5.02 Å². The van der Waals surface area contributed by atoms with Crippen LogP contribution in [0.5, 0.6) is 0 Å². The average molecular weight is 374 g/mol. The third-order valence-electron chi connectivity index (χ3n) is 4.61. The van der Waals surface area contributed by atoms with Crippen LogP contribution in [0.15, 0.2) is 30.6 Å². The van der Waals surface area contributed by atoms with Gasteiger partial charge in [0.15, 0.2) is 0 Å². The van der Waals surface area contributed by atoms with Gasteiger partial charge in [-0.2, -0.15) is 0 Å². The predicted octanol–water partition coefficient (Wildman–Crippen LogP) is 3.07. The lowest BCUT2D eigenvalue weighted by atomic mass is 10.2. The summed E-state index contributed by atoms with van der Waals surface area (Å²) in [4.78, 5) is 24.6. The van der Waals surface area contributed by atoms with E-state index in [1.54, 1.807) is 6.33 Å². The van der Waals surface area contributed by atoms with E-state index in [2.05, 4.69) is 14.9 Å². The minimum atomic E-state index is -0.0241. The van der Waals surface area contributed by atoms with Gasteiger partial charge in [-0.25, -0.2) is 4.98 Å². The van der Waals surface area contributed by atoms with Gasteiger partial charge in [-0.15, -0.1) is 0 Å². The van der Waals surface area contributed by atoms with Crippen LogP contribution in [0.3, 0.4) is 0 Å². The molecule has 0 fully saturated rings. The molecular weight excluding hydrogens is 350 g/mol. The zero-order valence-electron chi connectivity index (χ0n) is 15.6. The largest absolute Gasteiger partial charge is 0.348 e. The van der Waals surface area contributed by atoms with E-state index >= 15 is 0 Å². The van der Waals surface area contributed by atoms with Gasteiger partial charge in [0, 0.05) is 31.2 Å². The molecule has 26 heavy (non-hydrogen) atoms. The Balaban J connectivity index is 1.95. The maximum atomic E-state index is 13.3. The highest BCUT2D eigenvalue weighted by molar-refractivity contribution is 6.35. The summed E-state index contributed by atoms with van der Waals surface area (Å²) < 4.78 is 1.88. The summed E-state index contributed by atoms with van der Waals surface area (Å²) in [6, 6.07) is 7.62. The average Bonchev–Trinajstić information content (AvgIpc) is 3.15. The van der Waals surface area contributed by atoms with E-state index in [0.717, 1.165) is 28.8 Å². The monoisotopic (exact) mass is 373 g/mol. The van der Waals surface area contributed by atoms with Gasteiger partial charge >= 0.3 is 0 Å². The summed E-state index contributed by atoms with van der Waals surface area (Å²) in [7, 11) is 5.88. The molecule has 0 aliphatic heterocycles. The zero-order chi connectivity index (χ0) is 18.8. The molecule has 7 heteroatoms. The number of aromatic amines is 1. The number of nitrogens with one attached hydrogen (secondary N) is 1. The lowest BCUT2D eigenvalue weighted by Gasteiger charge is -2.24. The standard InChI is InChI=1S/C19H24ClN5O/c1-13-16(22-12-21-13)11-25(9-8-23(2)3)19(26)17-10-14-6-5-7-15(20)18(14)24(17)4/h5-7,10,12H,8-9,11H2,1-4H3,(H,21,22). The molecule has 0 saturated carbocycles. The number of amides is 1. The lowest BCUT2D eigenvalue weighted by molar-refractivity contribution is 0.0720. The molecule has 1 N–H and O–H groups in total. The molecule has 3 aromatic rings. The van der Waals surface area contributed by atoms with E-state index in [9.17, 15) is 4.79 Å². The van der Waals surface area contributed by atoms with Gasteiger partial charge in [0.2, 0.25) is 0 Å². The van der Waals surface area contributed by atoms with Crippen molar-refractivity contribution in [2.24, 2.45) is 7.05 Å². The fourth-order valence-corrected chi connectivity index (χ4v) is 3.34. The molecule has 0 bridgehead atoms. The quantitative estimate of drug-likeness (QED) is 0.722. The fraction of sp³-hybridized carbons (Fsp3) is 0.368. The number of likely N-dealkylation sites (N-methyl/N-ethyl adjacent to an activating group) is 1. The third-order valence-corrected chi connectivity index (χ3v) is 4.91. The Labute approximate surface area is 158 Å². The van der Waals surface area contributed by atoms with Crippen LogP contribution in [0.4, 0.5) is 0 Å². The summed E-state index contributed by atoms with van der Waals surface area (Å²) in [5.41, 5.74) is 3.36. The van der Waals surface area contributed by atoms with Gasteiger partial charge in [0.05, 0.1) is 29.1 Å². The number of halogens is 1. The van der Waals surface area contributed by atoms with Gasteiger partial charge in [0.1, 0.15) is 5.69 Å². The maximum absolute atomic E-state index is 13.3. The second-order valence-electron chi connectivity index (χ2n) is 6.77. The first-order valence-electron chi connectivity index (χ1n) is 8.55. The van der Waals surface area contributed by atoms with Crippen molar-refractivity contribution < 1.29 is 4.79 Å². The van der Waals surface area contributed by atoms with Gasteiger partial charge < -0.3 is 19.4 Å². The summed E-state index contributed by atoms with van der Waals surface area (Å²) in [6.07, 6.45) is 1.66. The molecule has 0 spiro atoms. The Morgan fingerprint density at radius 2 is 2.08 bits per heavy atom. The van der Waals surface area contributed by atoms with Crippen molar-refractivity contribution >= 4 is 28.4 Å². The number of benzene rings is 1. The highest BCUT2D eigenvalue weighted by Gasteiger charge is 2.22. The molecule has 0 aliphatic rings. The van der Waals surface area contributed by atoms with Crippen molar-refractivity contribution in [1.29, 1.82) is 0 Å². The third kappa shape index (κ3) is 3.61. The molecule has 138 valence electrons. The molecule has 6 nitrogen and oxygen atoms in total. The Kier molecular flexibility index (Phi) is 5.34. The molecule has 0 saturated heterocycles. The van der Waals surface area contributed by atoms with Gasteiger partial charge in [0.25, 0.3) is 5.91 Å². The van der Waals surface area contributed by atoms with Crippen LogP contribution in [0, 0.1) is 6.92 Å². The smallest absolute Gasteiger partial charge is 0.270 e. The molecule has 0 unspecified atom stereocenters. The molecule has 0 aliphatic carbocycles. The first kappa shape index (κ1) is 18.5. The summed E-state index contributed by atoms with van der Waals surface area (Å²) >= 11 is 6.33. The number of carbonyl (C=O) groups excluding carboxylic acids is 1. The number of aryl methyl sites for hydroxylation is 2. The van der Waals surface area contributed by atoms with Gasteiger partial charge in [-0.05, 0) is 33.2 Å². The van der Waals surface area contributed by atoms with Crippen molar-refractivity contribution in [2.45, 2.75) is 13.5 Å². The molecule has 0 atom stereocenters. The van der Waals surface area contributed by atoms with Gasteiger partial charge in [-0.1, -0.05) is 23.7 Å². The van der Waals surface area contributed by atoms with Crippen LogP contribution in [0.25, 0.3) is 10.9 Å². The minimum Gasteiger partial charge on any atom is -0.348 e. The Morgan fingerprint density at radius 3 is 2.69 bits per heavy atom.